The standard InChI is InChI=1S/C28H31ClO6/c1-3-33-25(31)28(26(32)34-4-2)22(23(30)19-13-15-21(29)16-14-19)24(20-11-7-5-8-12-20)35-27(28)17-9-6-10-18-27/h5,7-8,11-16,22,24H,3-4,6,9-10,17-18H2,1-2H3/t22-,24-/m1/s1. The van der Waals surface area contributed by atoms with Crippen LogP contribution < -0.4 is 0 Å². The van der Waals surface area contributed by atoms with E-state index in [0.29, 0.717) is 23.4 Å². The van der Waals surface area contributed by atoms with Gasteiger partial charge in [0.05, 0.1) is 30.8 Å². The fourth-order valence-corrected chi connectivity index (χ4v) is 5.91. The average molecular weight is 499 g/mol. The molecule has 0 radical (unpaired) electrons. The Labute approximate surface area is 210 Å². The summed E-state index contributed by atoms with van der Waals surface area (Å²) in [5, 5.41) is 0.481. The van der Waals surface area contributed by atoms with Crippen molar-refractivity contribution in [3.63, 3.8) is 0 Å². The number of carbonyl (C=O) groups is 3. The largest absolute Gasteiger partial charge is 0.465 e. The van der Waals surface area contributed by atoms with Crippen LogP contribution in [-0.2, 0) is 23.8 Å². The lowest BCUT2D eigenvalue weighted by atomic mass is 9.58. The van der Waals surface area contributed by atoms with Gasteiger partial charge in [0.15, 0.2) is 5.78 Å². The first-order valence-corrected chi connectivity index (χ1v) is 12.7. The first kappa shape index (κ1) is 25.4. The molecule has 1 heterocycles. The zero-order chi connectivity index (χ0) is 25.1. The van der Waals surface area contributed by atoms with Gasteiger partial charge in [-0.25, -0.2) is 0 Å². The molecule has 1 saturated heterocycles. The lowest BCUT2D eigenvalue weighted by Gasteiger charge is -2.44. The second-order valence-corrected chi connectivity index (χ2v) is 9.54. The monoisotopic (exact) mass is 498 g/mol. The minimum Gasteiger partial charge on any atom is -0.465 e. The highest BCUT2D eigenvalue weighted by Gasteiger charge is 2.76. The number of carbonyl (C=O) groups excluding carboxylic acids is 3. The topological polar surface area (TPSA) is 78.9 Å². The molecular weight excluding hydrogens is 468 g/mol. The minimum absolute atomic E-state index is 0.0634. The molecule has 1 aliphatic carbocycles. The number of hydrogen-bond donors (Lipinski definition) is 0. The van der Waals surface area contributed by atoms with Gasteiger partial charge in [-0.15, -0.1) is 0 Å². The Balaban J connectivity index is 2.00. The molecule has 0 amide bonds. The fourth-order valence-electron chi connectivity index (χ4n) is 5.78. The first-order chi connectivity index (χ1) is 16.9. The molecule has 0 aromatic heterocycles. The molecule has 2 fully saturated rings. The van der Waals surface area contributed by atoms with E-state index in [1.54, 1.807) is 38.1 Å². The summed E-state index contributed by atoms with van der Waals surface area (Å²) in [6, 6.07) is 15.7. The van der Waals surface area contributed by atoms with Crippen molar-refractivity contribution in [2.24, 2.45) is 11.3 Å². The van der Waals surface area contributed by atoms with Gasteiger partial charge in [0.2, 0.25) is 5.41 Å². The van der Waals surface area contributed by atoms with Crippen molar-refractivity contribution in [2.75, 3.05) is 13.2 Å². The Bertz CT molecular complexity index is 1040. The van der Waals surface area contributed by atoms with E-state index in [1.807, 2.05) is 30.3 Å². The molecule has 2 aromatic rings. The molecule has 6 nitrogen and oxygen atoms in total. The number of esters is 2. The van der Waals surface area contributed by atoms with E-state index >= 15 is 0 Å². The van der Waals surface area contributed by atoms with Crippen LogP contribution in [0.15, 0.2) is 54.6 Å². The molecule has 2 atom stereocenters. The average Bonchev–Trinajstić information content (AvgIpc) is 3.16. The van der Waals surface area contributed by atoms with Crippen LogP contribution in [-0.4, -0.2) is 36.5 Å². The predicted octanol–water partition coefficient (Wildman–Crippen LogP) is 5.73. The van der Waals surface area contributed by atoms with Crippen LogP contribution in [0.4, 0.5) is 0 Å². The molecular formula is C28H31ClO6. The van der Waals surface area contributed by atoms with E-state index in [-0.39, 0.29) is 19.0 Å². The van der Waals surface area contributed by atoms with Crippen LogP contribution in [0.5, 0.6) is 0 Å². The Morgan fingerprint density at radius 3 is 2.00 bits per heavy atom. The fraction of sp³-hybridized carbons (Fsp3) is 0.464. The maximum absolute atomic E-state index is 14.3. The summed E-state index contributed by atoms with van der Waals surface area (Å²) >= 11 is 6.07. The molecule has 0 N–H and O–H groups in total. The van der Waals surface area contributed by atoms with Crippen LogP contribution in [0.1, 0.15) is 68.0 Å². The second-order valence-electron chi connectivity index (χ2n) is 9.10. The number of benzene rings is 2. The van der Waals surface area contributed by atoms with E-state index in [0.717, 1.165) is 24.8 Å². The minimum atomic E-state index is -1.93. The summed E-state index contributed by atoms with van der Waals surface area (Å²) in [7, 11) is 0. The molecule has 7 heteroatoms. The Hall–Kier alpha value is -2.70. The second kappa shape index (κ2) is 10.5. The van der Waals surface area contributed by atoms with E-state index in [1.165, 1.54) is 0 Å². The van der Waals surface area contributed by atoms with Crippen LogP contribution in [0, 0.1) is 11.3 Å². The molecule has 0 bridgehead atoms. The van der Waals surface area contributed by atoms with Gasteiger partial charge in [0, 0.05) is 10.6 Å². The highest BCUT2D eigenvalue weighted by molar-refractivity contribution is 6.30. The van der Waals surface area contributed by atoms with Crippen LogP contribution in [0.3, 0.4) is 0 Å². The third kappa shape index (κ3) is 4.27. The number of hydrogen-bond acceptors (Lipinski definition) is 6. The van der Waals surface area contributed by atoms with Crippen molar-refractivity contribution in [1.29, 1.82) is 0 Å². The summed E-state index contributed by atoms with van der Waals surface area (Å²) in [5.74, 6) is -3.06. The highest BCUT2D eigenvalue weighted by atomic mass is 35.5. The Morgan fingerprint density at radius 1 is 0.886 bits per heavy atom. The van der Waals surface area contributed by atoms with Crippen molar-refractivity contribution in [1.82, 2.24) is 0 Å². The van der Waals surface area contributed by atoms with Gasteiger partial charge in [-0.1, -0.05) is 61.2 Å². The maximum Gasteiger partial charge on any atom is 0.327 e. The summed E-state index contributed by atoms with van der Waals surface area (Å²) in [5.41, 5.74) is -2.08. The lowest BCUT2D eigenvalue weighted by Crippen LogP contribution is -2.61. The third-order valence-electron chi connectivity index (χ3n) is 7.24. The first-order valence-electron chi connectivity index (χ1n) is 12.3. The quantitative estimate of drug-likeness (QED) is 0.276. The molecule has 4 rings (SSSR count). The predicted molar refractivity (Wildman–Crippen MR) is 131 cm³/mol. The molecule has 0 unspecified atom stereocenters. The molecule has 1 saturated carbocycles. The molecule has 1 spiro atoms. The van der Waals surface area contributed by atoms with Crippen molar-refractivity contribution in [2.45, 2.75) is 57.7 Å². The Kier molecular flexibility index (Phi) is 7.62. The zero-order valence-electron chi connectivity index (χ0n) is 20.1. The van der Waals surface area contributed by atoms with Crippen molar-refractivity contribution < 1.29 is 28.6 Å². The summed E-state index contributed by atoms with van der Waals surface area (Å²) in [6.45, 7) is 3.50. The van der Waals surface area contributed by atoms with E-state index < -0.39 is 35.0 Å². The maximum atomic E-state index is 14.3. The smallest absolute Gasteiger partial charge is 0.327 e. The number of Topliss-reactive ketones (excluding diaryl/α,β-unsaturated/α-hetero) is 1. The van der Waals surface area contributed by atoms with Crippen LogP contribution in [0.2, 0.25) is 5.02 Å². The van der Waals surface area contributed by atoms with E-state index in [9.17, 15) is 14.4 Å². The summed E-state index contributed by atoms with van der Waals surface area (Å²) in [6.07, 6.45) is 2.58. The van der Waals surface area contributed by atoms with Gasteiger partial charge in [-0.05, 0) is 56.5 Å². The van der Waals surface area contributed by atoms with Gasteiger partial charge in [-0.3, -0.25) is 14.4 Å². The number of ketones is 1. The van der Waals surface area contributed by atoms with Crippen LogP contribution >= 0.6 is 11.6 Å². The van der Waals surface area contributed by atoms with Crippen LogP contribution in [0.25, 0.3) is 0 Å². The molecule has 2 aromatic carbocycles. The molecule has 186 valence electrons. The van der Waals surface area contributed by atoms with Gasteiger partial charge in [0.25, 0.3) is 0 Å². The number of rotatable bonds is 7. The van der Waals surface area contributed by atoms with E-state index in [4.69, 9.17) is 25.8 Å². The van der Waals surface area contributed by atoms with Gasteiger partial charge in [-0.2, -0.15) is 0 Å². The van der Waals surface area contributed by atoms with Crippen molar-refractivity contribution >= 4 is 29.3 Å². The number of halogens is 1. The van der Waals surface area contributed by atoms with Gasteiger partial charge in [0.1, 0.15) is 0 Å². The lowest BCUT2D eigenvalue weighted by molar-refractivity contribution is -0.192. The van der Waals surface area contributed by atoms with Crippen molar-refractivity contribution in [3.05, 3.63) is 70.7 Å². The van der Waals surface area contributed by atoms with Gasteiger partial charge < -0.3 is 14.2 Å². The molecule has 35 heavy (non-hydrogen) atoms. The molecule has 2 aliphatic rings. The normalized spacial score (nSPS) is 22.5. The summed E-state index contributed by atoms with van der Waals surface area (Å²) in [4.78, 5) is 42.2. The van der Waals surface area contributed by atoms with Crippen molar-refractivity contribution in [3.8, 4) is 0 Å². The SMILES string of the molecule is CCOC(=O)C1(C(=O)OCC)[C@H](C(=O)c2ccc(Cl)cc2)[C@@H](c2ccccc2)OC12CCCCC2. The van der Waals surface area contributed by atoms with E-state index in [2.05, 4.69) is 0 Å². The van der Waals surface area contributed by atoms with Gasteiger partial charge >= 0.3 is 11.9 Å². The highest BCUT2D eigenvalue weighted by Crippen LogP contribution is 2.63. The summed E-state index contributed by atoms with van der Waals surface area (Å²) < 4.78 is 17.9. The third-order valence-corrected chi connectivity index (χ3v) is 7.49. The molecule has 1 aliphatic heterocycles. The zero-order valence-corrected chi connectivity index (χ0v) is 20.9. The Morgan fingerprint density at radius 2 is 1.46 bits per heavy atom. The number of ether oxygens (including phenoxy) is 3.